The molecule has 1 amide bonds. The first-order chi connectivity index (χ1) is 10.7. The molecule has 0 spiro atoms. The highest BCUT2D eigenvalue weighted by molar-refractivity contribution is 5.82. The molecule has 1 aromatic carbocycles. The highest BCUT2D eigenvalue weighted by Crippen LogP contribution is 2.28. The van der Waals surface area contributed by atoms with E-state index in [1.807, 2.05) is 18.2 Å². The summed E-state index contributed by atoms with van der Waals surface area (Å²) in [5.74, 6) is 1.53. The summed E-state index contributed by atoms with van der Waals surface area (Å²) < 4.78 is 11.1. The molecule has 22 heavy (non-hydrogen) atoms. The molecular weight excluding hydrogens is 280 g/mol. The average molecular weight is 306 g/mol. The van der Waals surface area contributed by atoms with E-state index in [0.29, 0.717) is 18.9 Å². The van der Waals surface area contributed by atoms with E-state index in [-0.39, 0.29) is 11.9 Å². The Morgan fingerprint density at radius 3 is 2.95 bits per heavy atom. The number of amides is 1. The summed E-state index contributed by atoms with van der Waals surface area (Å²) in [4.78, 5) is 12.0. The van der Waals surface area contributed by atoms with Crippen LogP contribution in [0, 0.1) is 0 Å². The summed E-state index contributed by atoms with van der Waals surface area (Å²) in [5, 5.41) is 6.16. The number of hydrogen-bond donors (Lipinski definition) is 2. The van der Waals surface area contributed by atoms with E-state index >= 15 is 0 Å². The lowest BCUT2D eigenvalue weighted by Crippen LogP contribution is -2.39. The Kier molecular flexibility index (Phi) is 6.52. The molecule has 0 aliphatic carbocycles. The second-order valence-electron chi connectivity index (χ2n) is 5.55. The van der Waals surface area contributed by atoms with Gasteiger partial charge in [-0.25, -0.2) is 0 Å². The molecule has 5 heteroatoms. The first-order valence-electron chi connectivity index (χ1n) is 8.05. The third-order valence-electron chi connectivity index (χ3n) is 3.83. The molecule has 0 radical (unpaired) electrons. The SMILES string of the molecule is CCCCOc1ccc(CNC(=O)C2CCCN2)cc1OC. The molecule has 0 aromatic heterocycles. The van der Waals surface area contributed by atoms with Gasteiger partial charge in [-0.1, -0.05) is 19.4 Å². The van der Waals surface area contributed by atoms with Crippen LogP contribution in [0.2, 0.25) is 0 Å². The predicted molar refractivity (Wildman–Crippen MR) is 86.3 cm³/mol. The summed E-state index contributed by atoms with van der Waals surface area (Å²) in [7, 11) is 1.63. The maximum Gasteiger partial charge on any atom is 0.237 e. The van der Waals surface area contributed by atoms with Crippen LogP contribution in [-0.4, -0.2) is 32.2 Å². The van der Waals surface area contributed by atoms with Crippen LogP contribution >= 0.6 is 0 Å². The van der Waals surface area contributed by atoms with E-state index in [1.165, 1.54) is 0 Å². The van der Waals surface area contributed by atoms with E-state index < -0.39 is 0 Å². The number of hydrogen-bond acceptors (Lipinski definition) is 4. The van der Waals surface area contributed by atoms with E-state index in [9.17, 15) is 4.79 Å². The van der Waals surface area contributed by atoms with Gasteiger partial charge >= 0.3 is 0 Å². The van der Waals surface area contributed by atoms with Gasteiger partial charge in [0, 0.05) is 6.54 Å². The van der Waals surface area contributed by atoms with Crippen molar-refractivity contribution >= 4 is 5.91 Å². The zero-order valence-electron chi connectivity index (χ0n) is 13.5. The maximum absolute atomic E-state index is 12.0. The van der Waals surface area contributed by atoms with Gasteiger partial charge in [0.2, 0.25) is 5.91 Å². The quantitative estimate of drug-likeness (QED) is 0.723. The van der Waals surface area contributed by atoms with Gasteiger partial charge in [0.1, 0.15) is 0 Å². The smallest absolute Gasteiger partial charge is 0.237 e. The number of ether oxygens (including phenoxy) is 2. The molecular formula is C17H26N2O3. The zero-order chi connectivity index (χ0) is 15.8. The van der Waals surface area contributed by atoms with Crippen LogP contribution < -0.4 is 20.1 Å². The minimum absolute atomic E-state index is 0.0430. The third kappa shape index (κ3) is 4.63. The van der Waals surface area contributed by atoms with Crippen molar-refractivity contribution in [3.05, 3.63) is 23.8 Å². The Labute approximate surface area is 132 Å². The molecule has 122 valence electrons. The van der Waals surface area contributed by atoms with Crippen LogP contribution in [0.25, 0.3) is 0 Å². The number of unbranched alkanes of at least 4 members (excludes halogenated alkanes) is 1. The van der Waals surface area contributed by atoms with Crippen molar-refractivity contribution in [2.45, 2.75) is 45.2 Å². The summed E-state index contributed by atoms with van der Waals surface area (Å²) in [6.45, 7) is 4.25. The number of carbonyl (C=O) groups is 1. The van der Waals surface area contributed by atoms with E-state index in [1.54, 1.807) is 7.11 Å². The number of nitrogens with one attached hydrogen (secondary N) is 2. The lowest BCUT2D eigenvalue weighted by molar-refractivity contribution is -0.122. The van der Waals surface area contributed by atoms with Gasteiger partial charge in [0.25, 0.3) is 0 Å². The molecule has 2 rings (SSSR count). The highest BCUT2D eigenvalue weighted by Gasteiger charge is 2.21. The second-order valence-corrected chi connectivity index (χ2v) is 5.55. The van der Waals surface area contributed by atoms with Crippen molar-refractivity contribution in [1.82, 2.24) is 10.6 Å². The first kappa shape index (κ1) is 16.6. The van der Waals surface area contributed by atoms with Crippen LogP contribution in [-0.2, 0) is 11.3 Å². The molecule has 1 fully saturated rings. The summed E-state index contributed by atoms with van der Waals surface area (Å²) in [6, 6.07) is 5.75. The van der Waals surface area contributed by atoms with Crippen molar-refractivity contribution in [3.63, 3.8) is 0 Å². The molecule has 2 N–H and O–H groups in total. The minimum Gasteiger partial charge on any atom is -0.493 e. The zero-order valence-corrected chi connectivity index (χ0v) is 13.5. The number of benzene rings is 1. The summed E-state index contributed by atoms with van der Waals surface area (Å²) >= 11 is 0. The monoisotopic (exact) mass is 306 g/mol. The molecule has 0 bridgehead atoms. The molecule has 1 aliphatic rings. The van der Waals surface area contributed by atoms with E-state index in [2.05, 4.69) is 17.6 Å². The number of methoxy groups -OCH3 is 1. The molecule has 1 heterocycles. The Balaban J connectivity index is 1.89. The van der Waals surface area contributed by atoms with Crippen molar-refractivity contribution in [2.24, 2.45) is 0 Å². The summed E-state index contributed by atoms with van der Waals surface area (Å²) in [6.07, 6.45) is 4.10. The lowest BCUT2D eigenvalue weighted by atomic mass is 10.1. The van der Waals surface area contributed by atoms with Crippen LogP contribution in [0.5, 0.6) is 11.5 Å². The van der Waals surface area contributed by atoms with Crippen molar-refractivity contribution in [1.29, 1.82) is 0 Å². The lowest BCUT2D eigenvalue weighted by Gasteiger charge is -2.14. The van der Waals surface area contributed by atoms with Gasteiger partial charge in [-0.05, 0) is 43.5 Å². The highest BCUT2D eigenvalue weighted by atomic mass is 16.5. The van der Waals surface area contributed by atoms with Crippen LogP contribution in [0.4, 0.5) is 0 Å². The average Bonchev–Trinajstić information content (AvgIpc) is 3.08. The van der Waals surface area contributed by atoms with Crippen LogP contribution in [0.3, 0.4) is 0 Å². The molecule has 1 atom stereocenters. The normalized spacial score (nSPS) is 17.3. The van der Waals surface area contributed by atoms with Crippen LogP contribution in [0.15, 0.2) is 18.2 Å². The molecule has 0 saturated carbocycles. The first-order valence-corrected chi connectivity index (χ1v) is 8.05. The maximum atomic E-state index is 12.0. The third-order valence-corrected chi connectivity index (χ3v) is 3.83. The Hall–Kier alpha value is -1.75. The number of rotatable bonds is 8. The fraction of sp³-hybridized carbons (Fsp3) is 0.588. The Bertz CT molecular complexity index is 485. The fourth-order valence-electron chi connectivity index (χ4n) is 2.49. The van der Waals surface area contributed by atoms with Gasteiger partial charge in [0.15, 0.2) is 11.5 Å². The van der Waals surface area contributed by atoms with Crippen LogP contribution in [0.1, 0.15) is 38.2 Å². The standard InChI is InChI=1S/C17H26N2O3/c1-3-4-10-22-15-8-7-13(11-16(15)21-2)12-19-17(20)14-6-5-9-18-14/h7-8,11,14,18H,3-6,9-10,12H2,1-2H3,(H,19,20). The molecule has 5 nitrogen and oxygen atoms in total. The fourth-order valence-corrected chi connectivity index (χ4v) is 2.49. The number of carbonyl (C=O) groups excluding carboxylic acids is 1. The molecule has 1 unspecified atom stereocenters. The van der Waals surface area contributed by atoms with Gasteiger partial charge in [-0.15, -0.1) is 0 Å². The van der Waals surface area contributed by atoms with Gasteiger partial charge in [-0.3, -0.25) is 4.79 Å². The molecule has 1 aliphatic heterocycles. The Morgan fingerprint density at radius 2 is 2.27 bits per heavy atom. The van der Waals surface area contributed by atoms with Gasteiger partial charge in [0.05, 0.1) is 19.8 Å². The second kappa shape index (κ2) is 8.63. The van der Waals surface area contributed by atoms with Crippen molar-refractivity contribution < 1.29 is 14.3 Å². The van der Waals surface area contributed by atoms with Crippen molar-refractivity contribution in [3.8, 4) is 11.5 Å². The van der Waals surface area contributed by atoms with E-state index in [4.69, 9.17) is 9.47 Å². The van der Waals surface area contributed by atoms with Gasteiger partial charge in [-0.2, -0.15) is 0 Å². The minimum atomic E-state index is -0.0430. The van der Waals surface area contributed by atoms with E-state index in [0.717, 1.165) is 43.5 Å². The predicted octanol–water partition coefficient (Wildman–Crippen LogP) is 2.24. The van der Waals surface area contributed by atoms with Crippen molar-refractivity contribution in [2.75, 3.05) is 20.3 Å². The van der Waals surface area contributed by atoms with Gasteiger partial charge < -0.3 is 20.1 Å². The molecule has 1 aromatic rings. The Morgan fingerprint density at radius 1 is 1.41 bits per heavy atom. The largest absolute Gasteiger partial charge is 0.493 e. The summed E-state index contributed by atoms with van der Waals surface area (Å²) in [5.41, 5.74) is 1.01. The molecule has 1 saturated heterocycles. The topological polar surface area (TPSA) is 59.6 Å².